The van der Waals surface area contributed by atoms with Crippen LogP contribution in [0, 0.1) is 0 Å². The Hall–Kier alpha value is -1.55. The van der Waals surface area contributed by atoms with Crippen LogP contribution in [0.2, 0.25) is 0 Å². The normalized spacial score (nSPS) is 19.3. The number of rotatable bonds is 2. The van der Waals surface area contributed by atoms with Crippen molar-refractivity contribution in [1.29, 1.82) is 0 Å². The molecule has 1 amide bonds. The molecule has 0 radical (unpaired) electrons. The van der Waals surface area contributed by atoms with Crippen LogP contribution >= 0.6 is 0 Å². The zero-order valence-corrected chi connectivity index (χ0v) is 8.83. The van der Waals surface area contributed by atoms with E-state index in [4.69, 9.17) is 4.74 Å². The molecule has 1 atom stereocenters. The smallest absolute Gasteiger partial charge is 0.226 e. The first kappa shape index (κ1) is 9.98. The van der Waals surface area contributed by atoms with E-state index in [9.17, 15) is 4.79 Å². The van der Waals surface area contributed by atoms with Gasteiger partial charge >= 0.3 is 0 Å². The highest BCUT2D eigenvalue weighted by atomic mass is 16.5. The second kappa shape index (κ2) is 3.90. The number of hydrogen-bond donors (Lipinski definition) is 2. The molecule has 80 valence electrons. The molecule has 1 unspecified atom stereocenters. The highest BCUT2D eigenvalue weighted by Crippen LogP contribution is 2.32. The van der Waals surface area contributed by atoms with E-state index in [0.717, 1.165) is 17.0 Å². The summed E-state index contributed by atoms with van der Waals surface area (Å²) in [5.41, 5.74) is 1.95. The average Bonchev–Trinajstić information content (AvgIpc) is 2.26. The summed E-state index contributed by atoms with van der Waals surface area (Å²) in [6.45, 7) is 0. The molecule has 1 aromatic carbocycles. The van der Waals surface area contributed by atoms with Gasteiger partial charge in [-0.15, -0.1) is 0 Å². The van der Waals surface area contributed by atoms with E-state index in [0.29, 0.717) is 6.42 Å². The Kier molecular flexibility index (Phi) is 2.60. The number of ether oxygens (including phenoxy) is 1. The Morgan fingerprint density at radius 2 is 2.33 bits per heavy atom. The molecule has 0 spiro atoms. The van der Waals surface area contributed by atoms with Gasteiger partial charge in [0.25, 0.3) is 0 Å². The van der Waals surface area contributed by atoms with Gasteiger partial charge in [-0.2, -0.15) is 0 Å². The van der Waals surface area contributed by atoms with Gasteiger partial charge in [-0.25, -0.2) is 0 Å². The van der Waals surface area contributed by atoms with Crippen LogP contribution in [0.25, 0.3) is 0 Å². The Balaban J connectivity index is 2.41. The van der Waals surface area contributed by atoms with Crippen LogP contribution in [-0.4, -0.2) is 20.1 Å². The number of carbonyl (C=O) groups is 1. The molecule has 1 heterocycles. The molecule has 0 aromatic heterocycles. The zero-order chi connectivity index (χ0) is 10.8. The Morgan fingerprint density at radius 1 is 1.53 bits per heavy atom. The maximum absolute atomic E-state index is 11.4. The fraction of sp³-hybridized carbons (Fsp3) is 0.364. The highest BCUT2D eigenvalue weighted by Gasteiger charge is 2.23. The quantitative estimate of drug-likeness (QED) is 0.766. The first-order valence-corrected chi connectivity index (χ1v) is 4.89. The highest BCUT2D eigenvalue weighted by molar-refractivity contribution is 5.94. The van der Waals surface area contributed by atoms with E-state index in [1.165, 1.54) is 0 Å². The molecule has 0 aliphatic carbocycles. The van der Waals surface area contributed by atoms with Crippen molar-refractivity contribution in [2.75, 3.05) is 19.5 Å². The maximum Gasteiger partial charge on any atom is 0.226 e. The van der Waals surface area contributed by atoms with Crippen molar-refractivity contribution in [2.24, 2.45) is 0 Å². The molecule has 0 saturated carbocycles. The Morgan fingerprint density at radius 3 is 3.00 bits per heavy atom. The molecule has 2 N–H and O–H groups in total. The lowest BCUT2D eigenvalue weighted by molar-refractivity contribution is -0.117. The fourth-order valence-corrected chi connectivity index (χ4v) is 1.83. The lowest BCUT2D eigenvalue weighted by Crippen LogP contribution is -2.29. The second-order valence-electron chi connectivity index (χ2n) is 3.55. The van der Waals surface area contributed by atoms with E-state index in [1.807, 2.05) is 25.2 Å². The summed E-state index contributed by atoms with van der Waals surface area (Å²) in [4.78, 5) is 11.4. The molecule has 0 bridgehead atoms. The van der Waals surface area contributed by atoms with E-state index in [1.54, 1.807) is 7.11 Å². The van der Waals surface area contributed by atoms with Crippen LogP contribution in [0.4, 0.5) is 5.69 Å². The fourth-order valence-electron chi connectivity index (χ4n) is 1.83. The summed E-state index contributed by atoms with van der Waals surface area (Å²) in [6.07, 6.45) is 0.482. The van der Waals surface area contributed by atoms with Crippen molar-refractivity contribution in [3.05, 3.63) is 23.8 Å². The predicted molar refractivity (Wildman–Crippen MR) is 58.0 cm³/mol. The molecule has 4 heteroatoms. The van der Waals surface area contributed by atoms with E-state index in [-0.39, 0.29) is 11.9 Å². The monoisotopic (exact) mass is 206 g/mol. The third-order valence-electron chi connectivity index (χ3n) is 2.65. The van der Waals surface area contributed by atoms with Gasteiger partial charge in [-0.1, -0.05) is 6.07 Å². The van der Waals surface area contributed by atoms with Gasteiger partial charge in [-0.05, 0) is 18.7 Å². The number of hydrogen-bond acceptors (Lipinski definition) is 3. The number of benzene rings is 1. The summed E-state index contributed by atoms with van der Waals surface area (Å²) in [5, 5.41) is 5.97. The van der Waals surface area contributed by atoms with Crippen molar-refractivity contribution >= 4 is 11.6 Å². The number of carbonyl (C=O) groups excluding carboxylic acids is 1. The zero-order valence-electron chi connectivity index (χ0n) is 8.83. The molecule has 1 aromatic rings. The Bertz CT molecular complexity index is 390. The third-order valence-corrected chi connectivity index (χ3v) is 2.65. The van der Waals surface area contributed by atoms with Gasteiger partial charge < -0.3 is 15.4 Å². The van der Waals surface area contributed by atoms with Gasteiger partial charge in [0.1, 0.15) is 5.75 Å². The van der Waals surface area contributed by atoms with Crippen LogP contribution in [0.5, 0.6) is 5.75 Å². The minimum absolute atomic E-state index is 0.0371. The van der Waals surface area contributed by atoms with Crippen LogP contribution in [0.1, 0.15) is 18.0 Å². The number of fused-ring (bicyclic) bond motifs is 1. The molecule has 1 aliphatic rings. The molecule has 1 aliphatic heterocycles. The topological polar surface area (TPSA) is 50.4 Å². The summed E-state index contributed by atoms with van der Waals surface area (Å²) in [6, 6.07) is 5.83. The summed E-state index contributed by atoms with van der Waals surface area (Å²) in [5.74, 6) is 0.793. The first-order valence-electron chi connectivity index (χ1n) is 4.89. The van der Waals surface area contributed by atoms with Crippen LogP contribution in [0.3, 0.4) is 0 Å². The van der Waals surface area contributed by atoms with Crippen molar-refractivity contribution < 1.29 is 9.53 Å². The Labute approximate surface area is 88.6 Å². The minimum atomic E-state index is 0.0371. The van der Waals surface area contributed by atoms with Crippen molar-refractivity contribution in [1.82, 2.24) is 5.32 Å². The predicted octanol–water partition coefficient (Wildman–Crippen LogP) is 1.30. The minimum Gasteiger partial charge on any atom is -0.497 e. The van der Waals surface area contributed by atoms with Crippen molar-refractivity contribution in [2.45, 2.75) is 12.5 Å². The summed E-state index contributed by atoms with van der Waals surface area (Å²) in [7, 11) is 3.47. The van der Waals surface area contributed by atoms with E-state index >= 15 is 0 Å². The van der Waals surface area contributed by atoms with E-state index in [2.05, 4.69) is 10.6 Å². The molecular formula is C11H14N2O2. The van der Waals surface area contributed by atoms with Crippen molar-refractivity contribution in [3.8, 4) is 5.75 Å². The molecular weight excluding hydrogens is 192 g/mol. The number of anilines is 1. The molecule has 0 fully saturated rings. The lowest BCUT2D eigenvalue weighted by Gasteiger charge is -2.25. The summed E-state index contributed by atoms with van der Waals surface area (Å²) < 4.78 is 5.11. The van der Waals surface area contributed by atoms with Gasteiger partial charge in [0.2, 0.25) is 5.91 Å². The standard InChI is InChI=1S/C11H14N2O2/c1-12-9-6-11(14)13-10-5-7(15-2)3-4-8(9)10/h3-5,9,12H,6H2,1-2H3,(H,13,14). The van der Waals surface area contributed by atoms with Gasteiger partial charge in [0.15, 0.2) is 0 Å². The average molecular weight is 206 g/mol. The van der Waals surface area contributed by atoms with E-state index < -0.39 is 0 Å². The molecule has 4 nitrogen and oxygen atoms in total. The van der Waals surface area contributed by atoms with Gasteiger partial charge in [0, 0.05) is 24.2 Å². The SMILES string of the molecule is CNC1CC(=O)Nc2cc(OC)ccc21. The molecule has 15 heavy (non-hydrogen) atoms. The van der Waals surface area contributed by atoms with Crippen LogP contribution < -0.4 is 15.4 Å². The van der Waals surface area contributed by atoms with Gasteiger partial charge in [-0.3, -0.25) is 4.79 Å². The van der Waals surface area contributed by atoms with Crippen LogP contribution in [-0.2, 0) is 4.79 Å². The molecule has 2 rings (SSSR count). The maximum atomic E-state index is 11.4. The second-order valence-corrected chi connectivity index (χ2v) is 3.55. The first-order chi connectivity index (χ1) is 7.24. The molecule has 0 saturated heterocycles. The number of methoxy groups -OCH3 is 1. The lowest BCUT2D eigenvalue weighted by atomic mass is 9.97. The number of amides is 1. The largest absolute Gasteiger partial charge is 0.497 e. The summed E-state index contributed by atoms with van der Waals surface area (Å²) >= 11 is 0. The number of nitrogens with one attached hydrogen (secondary N) is 2. The van der Waals surface area contributed by atoms with Gasteiger partial charge in [0.05, 0.1) is 7.11 Å². The van der Waals surface area contributed by atoms with Crippen LogP contribution in [0.15, 0.2) is 18.2 Å². The third kappa shape index (κ3) is 1.80. The van der Waals surface area contributed by atoms with Crippen molar-refractivity contribution in [3.63, 3.8) is 0 Å².